The van der Waals surface area contributed by atoms with Gasteiger partial charge in [0.05, 0.1) is 12.1 Å². The van der Waals surface area contributed by atoms with E-state index in [9.17, 15) is 9.90 Å². The van der Waals surface area contributed by atoms with E-state index in [4.69, 9.17) is 4.74 Å². The molecule has 1 fully saturated rings. The fraction of sp³-hybridized carbons (Fsp3) is 0.818. The maximum Gasteiger partial charge on any atom is 0.243 e. The molecule has 2 rings (SSSR count). The first-order chi connectivity index (χ1) is 8.13. The van der Waals surface area contributed by atoms with E-state index in [0.717, 1.165) is 6.42 Å². The summed E-state index contributed by atoms with van der Waals surface area (Å²) in [6.07, 6.45) is 1.49. The molecule has 0 spiro atoms. The van der Waals surface area contributed by atoms with E-state index in [2.05, 4.69) is 10.3 Å². The molecule has 6 heteroatoms. The summed E-state index contributed by atoms with van der Waals surface area (Å²) in [7, 11) is 1.74. The third kappa shape index (κ3) is 2.42. The molecule has 0 aromatic carbocycles. The molecule has 2 aliphatic rings. The molecule has 2 aliphatic heterocycles. The number of nitrogens with one attached hydrogen (secondary N) is 1. The van der Waals surface area contributed by atoms with Crippen molar-refractivity contribution in [2.45, 2.75) is 37.6 Å². The molecular formula is C11H19N3O3. The standard InChI is InChI=1S/C11H19N3O3/c1-7(15)5-14-4-3-8-10(17-6-13-8)9(12-2)11(14)16/h6-10,12,15H,3-5H2,1-2H3. The van der Waals surface area contributed by atoms with Crippen molar-refractivity contribution in [2.24, 2.45) is 4.99 Å². The number of likely N-dealkylation sites (tertiary alicyclic amines) is 1. The molecule has 0 aromatic heterocycles. The largest absolute Gasteiger partial charge is 0.476 e. The molecule has 0 bridgehead atoms. The van der Waals surface area contributed by atoms with E-state index in [1.54, 1.807) is 18.9 Å². The number of aliphatic imine (C=N–C) groups is 1. The molecular weight excluding hydrogens is 222 g/mol. The van der Waals surface area contributed by atoms with Gasteiger partial charge in [-0.05, 0) is 20.4 Å². The first-order valence-corrected chi connectivity index (χ1v) is 5.94. The zero-order valence-corrected chi connectivity index (χ0v) is 10.2. The van der Waals surface area contributed by atoms with Crippen LogP contribution in [0, 0.1) is 0 Å². The highest BCUT2D eigenvalue weighted by Crippen LogP contribution is 2.22. The number of β-amino-alcohol motifs (C(OH)–C–C–N with tert-alkyl or cyclic N) is 1. The van der Waals surface area contributed by atoms with Crippen LogP contribution in [0.4, 0.5) is 0 Å². The highest BCUT2D eigenvalue weighted by molar-refractivity contribution is 5.83. The Morgan fingerprint density at radius 1 is 1.76 bits per heavy atom. The molecule has 0 aliphatic carbocycles. The number of rotatable bonds is 3. The van der Waals surface area contributed by atoms with Crippen molar-refractivity contribution in [1.29, 1.82) is 0 Å². The van der Waals surface area contributed by atoms with Gasteiger partial charge in [0.15, 0.2) is 6.40 Å². The van der Waals surface area contributed by atoms with E-state index in [1.165, 1.54) is 6.40 Å². The third-order valence-electron chi connectivity index (χ3n) is 3.25. The number of hydrogen-bond acceptors (Lipinski definition) is 5. The van der Waals surface area contributed by atoms with Gasteiger partial charge in [-0.3, -0.25) is 9.79 Å². The predicted octanol–water partition coefficient (Wildman–Crippen LogP) is -1.02. The van der Waals surface area contributed by atoms with Gasteiger partial charge in [0.1, 0.15) is 12.1 Å². The summed E-state index contributed by atoms with van der Waals surface area (Å²) in [5.74, 6) is -0.0219. The lowest BCUT2D eigenvalue weighted by Crippen LogP contribution is -2.52. The van der Waals surface area contributed by atoms with Crippen LogP contribution in [0.15, 0.2) is 4.99 Å². The van der Waals surface area contributed by atoms with E-state index >= 15 is 0 Å². The number of fused-ring (bicyclic) bond motifs is 1. The minimum atomic E-state index is -0.515. The summed E-state index contributed by atoms with van der Waals surface area (Å²) in [6, 6.07) is -0.348. The van der Waals surface area contributed by atoms with Crippen LogP contribution in [0.3, 0.4) is 0 Å². The molecule has 0 radical (unpaired) electrons. The first-order valence-electron chi connectivity index (χ1n) is 5.94. The maximum atomic E-state index is 12.3. The Labute approximate surface area is 101 Å². The van der Waals surface area contributed by atoms with Gasteiger partial charge in [-0.2, -0.15) is 0 Å². The van der Waals surface area contributed by atoms with Gasteiger partial charge in [-0.1, -0.05) is 0 Å². The van der Waals surface area contributed by atoms with Crippen molar-refractivity contribution in [1.82, 2.24) is 10.2 Å². The Hall–Kier alpha value is -1.14. The smallest absolute Gasteiger partial charge is 0.243 e. The lowest BCUT2D eigenvalue weighted by atomic mass is 10.0. The van der Waals surface area contributed by atoms with Crippen molar-refractivity contribution >= 4 is 12.3 Å². The number of likely N-dealkylation sites (N-methyl/N-ethyl adjacent to an activating group) is 1. The van der Waals surface area contributed by atoms with Crippen LogP contribution < -0.4 is 5.32 Å². The van der Waals surface area contributed by atoms with Gasteiger partial charge in [-0.15, -0.1) is 0 Å². The maximum absolute atomic E-state index is 12.3. The molecule has 0 aromatic rings. The summed E-state index contributed by atoms with van der Waals surface area (Å²) in [6.45, 7) is 2.66. The Bertz CT molecular complexity index is 319. The van der Waals surface area contributed by atoms with Crippen molar-refractivity contribution in [2.75, 3.05) is 20.1 Å². The number of ether oxygens (including phenoxy) is 1. The summed E-state index contributed by atoms with van der Waals surface area (Å²) >= 11 is 0. The predicted molar refractivity (Wildman–Crippen MR) is 62.9 cm³/mol. The highest BCUT2D eigenvalue weighted by Gasteiger charge is 2.42. The zero-order valence-electron chi connectivity index (χ0n) is 10.2. The molecule has 0 saturated carbocycles. The van der Waals surface area contributed by atoms with Gasteiger partial charge >= 0.3 is 0 Å². The number of nitrogens with zero attached hydrogens (tertiary/aromatic N) is 2. The summed E-state index contributed by atoms with van der Waals surface area (Å²) < 4.78 is 5.40. The molecule has 4 unspecified atom stereocenters. The van der Waals surface area contributed by atoms with E-state index in [1.807, 2.05) is 0 Å². The second kappa shape index (κ2) is 5.01. The van der Waals surface area contributed by atoms with Crippen LogP contribution in [-0.2, 0) is 9.53 Å². The molecule has 1 amide bonds. The molecule has 2 heterocycles. The minimum absolute atomic E-state index is 0.0219. The number of carbonyl (C=O) groups excluding carboxylic acids is 1. The number of carbonyl (C=O) groups is 1. The van der Waals surface area contributed by atoms with Crippen LogP contribution in [0.1, 0.15) is 13.3 Å². The van der Waals surface area contributed by atoms with Crippen LogP contribution in [0.25, 0.3) is 0 Å². The zero-order chi connectivity index (χ0) is 12.4. The van der Waals surface area contributed by atoms with E-state index in [0.29, 0.717) is 13.1 Å². The Morgan fingerprint density at radius 2 is 2.53 bits per heavy atom. The fourth-order valence-corrected chi connectivity index (χ4v) is 2.42. The number of amides is 1. The lowest BCUT2D eigenvalue weighted by Gasteiger charge is -2.27. The van der Waals surface area contributed by atoms with Crippen LogP contribution in [-0.4, -0.2) is 66.7 Å². The van der Waals surface area contributed by atoms with Crippen LogP contribution >= 0.6 is 0 Å². The molecule has 2 N–H and O–H groups in total. The quantitative estimate of drug-likeness (QED) is 0.663. The molecule has 6 nitrogen and oxygen atoms in total. The minimum Gasteiger partial charge on any atom is -0.476 e. The molecule has 1 saturated heterocycles. The van der Waals surface area contributed by atoms with Gasteiger partial charge in [-0.25, -0.2) is 0 Å². The average molecular weight is 241 g/mol. The number of hydrogen-bond donors (Lipinski definition) is 2. The van der Waals surface area contributed by atoms with Crippen LogP contribution in [0.2, 0.25) is 0 Å². The average Bonchev–Trinajstić information content (AvgIpc) is 2.68. The van der Waals surface area contributed by atoms with Gasteiger partial charge in [0, 0.05) is 13.1 Å². The number of aliphatic hydroxyl groups is 1. The van der Waals surface area contributed by atoms with Gasteiger partial charge < -0.3 is 20.1 Å². The monoisotopic (exact) mass is 241 g/mol. The summed E-state index contributed by atoms with van der Waals surface area (Å²) in [5.41, 5.74) is 0. The SMILES string of the molecule is CNC1C(=O)N(CC(C)O)CCC2N=COC21. The highest BCUT2D eigenvalue weighted by atomic mass is 16.5. The topological polar surface area (TPSA) is 74.2 Å². The third-order valence-corrected chi connectivity index (χ3v) is 3.25. The number of aliphatic hydroxyl groups excluding tert-OH is 1. The Morgan fingerprint density at radius 3 is 3.18 bits per heavy atom. The van der Waals surface area contributed by atoms with Crippen molar-refractivity contribution in [3.05, 3.63) is 0 Å². The second-order valence-electron chi connectivity index (χ2n) is 4.61. The van der Waals surface area contributed by atoms with Crippen molar-refractivity contribution in [3.8, 4) is 0 Å². The van der Waals surface area contributed by atoms with E-state index in [-0.39, 0.29) is 24.1 Å². The molecule has 4 atom stereocenters. The summed E-state index contributed by atoms with van der Waals surface area (Å²) in [5, 5.41) is 12.4. The summed E-state index contributed by atoms with van der Waals surface area (Å²) in [4.78, 5) is 18.2. The van der Waals surface area contributed by atoms with Crippen LogP contribution in [0.5, 0.6) is 0 Å². The van der Waals surface area contributed by atoms with E-state index < -0.39 is 6.10 Å². The normalized spacial score (nSPS) is 34.2. The first kappa shape index (κ1) is 12.3. The molecule has 17 heavy (non-hydrogen) atoms. The van der Waals surface area contributed by atoms with Gasteiger partial charge in [0.2, 0.25) is 5.91 Å². The second-order valence-corrected chi connectivity index (χ2v) is 4.61. The molecule has 96 valence electrons. The Balaban J connectivity index is 2.13. The lowest BCUT2D eigenvalue weighted by molar-refractivity contribution is -0.135. The van der Waals surface area contributed by atoms with Crippen molar-refractivity contribution < 1.29 is 14.6 Å². The van der Waals surface area contributed by atoms with Gasteiger partial charge in [0.25, 0.3) is 0 Å². The fourth-order valence-electron chi connectivity index (χ4n) is 2.42. The van der Waals surface area contributed by atoms with Crippen molar-refractivity contribution in [3.63, 3.8) is 0 Å². The Kier molecular flexibility index (Phi) is 3.63.